The number of aliphatic hydroxyl groups excluding tert-OH is 1. The van der Waals surface area contributed by atoms with E-state index in [4.69, 9.17) is 24.7 Å². The van der Waals surface area contributed by atoms with Crippen molar-refractivity contribution < 1.29 is 43.9 Å². The van der Waals surface area contributed by atoms with E-state index in [0.29, 0.717) is 17.7 Å². The fraction of sp³-hybridized carbons (Fsp3) is 0.500. The van der Waals surface area contributed by atoms with Crippen molar-refractivity contribution in [3.05, 3.63) is 52.7 Å². The number of carbonyl (C=O) groups is 2. The molecule has 4 heterocycles. The number of carbonyl (C=O) groups excluding carboxylic acids is 2. The molecular weight excluding hydrogens is 570 g/mol. The fourth-order valence-electron chi connectivity index (χ4n) is 5.98. The van der Waals surface area contributed by atoms with Gasteiger partial charge in [0.15, 0.2) is 12.4 Å². The predicted molar refractivity (Wildman–Crippen MR) is 165 cm³/mol. The van der Waals surface area contributed by atoms with Gasteiger partial charge in [-0.05, 0) is 39.2 Å². The molecule has 1 aromatic carbocycles. The summed E-state index contributed by atoms with van der Waals surface area (Å²) in [6.07, 6.45) is 4.76. The number of phenolic OH excluding ortho intramolecular Hbond substituents is 2. The standard InChI is InChI=1S/C32H43N3O9/c1-17-13-20-26(35-11-6-7-12-35)23(36)16-22(27(20)37)34-30(38)18(2)9-8-10-24(41-4)29(44-32(33)40)21-15-19(3)28(43-31(21)39)25(14-17)42-5/h8-10,13,15-16,19,24-25,28-29,31,36-37,39H,6-7,11-12,14H2,1-5H3,(H2,33,40)(H,34,38)/t19?,24-,25-,28-,29-,31?/m0/s1. The minimum atomic E-state index is -1.46. The summed E-state index contributed by atoms with van der Waals surface area (Å²) in [6.45, 7) is 6.78. The van der Waals surface area contributed by atoms with E-state index in [2.05, 4.69) is 5.32 Å². The lowest BCUT2D eigenvalue weighted by molar-refractivity contribution is -0.179. The number of phenols is 2. The van der Waals surface area contributed by atoms with Crippen molar-refractivity contribution in [3.8, 4) is 11.5 Å². The Balaban J connectivity index is 1.86. The van der Waals surface area contributed by atoms with Crippen LogP contribution in [0.25, 0.3) is 6.08 Å². The van der Waals surface area contributed by atoms with E-state index in [0.717, 1.165) is 31.5 Å². The van der Waals surface area contributed by atoms with Gasteiger partial charge in [0.25, 0.3) is 5.91 Å². The van der Waals surface area contributed by atoms with E-state index in [1.165, 1.54) is 19.3 Å². The number of hydrogen-bond acceptors (Lipinski definition) is 10. The summed E-state index contributed by atoms with van der Waals surface area (Å²) >= 11 is 0. The number of benzene rings is 1. The van der Waals surface area contributed by atoms with Gasteiger partial charge in [-0.1, -0.05) is 36.8 Å². The lowest BCUT2D eigenvalue weighted by atomic mass is 9.88. The molecule has 240 valence electrons. The average Bonchev–Trinajstić information content (AvgIpc) is 3.50. The van der Waals surface area contributed by atoms with Gasteiger partial charge in [0, 0.05) is 56.0 Å². The molecule has 1 aromatic rings. The second kappa shape index (κ2) is 14.3. The zero-order valence-electron chi connectivity index (χ0n) is 25.8. The van der Waals surface area contributed by atoms with E-state index in [9.17, 15) is 24.9 Å². The van der Waals surface area contributed by atoms with Gasteiger partial charge in [0.2, 0.25) is 0 Å². The maximum atomic E-state index is 13.1. The molecule has 4 aliphatic heterocycles. The Morgan fingerprint density at radius 3 is 2.50 bits per heavy atom. The van der Waals surface area contributed by atoms with Crippen LogP contribution in [0.4, 0.5) is 16.2 Å². The molecule has 2 amide bonds. The molecule has 12 heteroatoms. The van der Waals surface area contributed by atoms with Gasteiger partial charge >= 0.3 is 6.09 Å². The van der Waals surface area contributed by atoms with Crippen LogP contribution in [0.3, 0.4) is 0 Å². The van der Waals surface area contributed by atoms with E-state index in [1.807, 2.05) is 18.7 Å². The molecule has 1 saturated heterocycles. The van der Waals surface area contributed by atoms with Gasteiger partial charge in [-0.15, -0.1) is 0 Å². The van der Waals surface area contributed by atoms with Gasteiger partial charge < -0.3 is 50.2 Å². The van der Waals surface area contributed by atoms with E-state index in [-0.39, 0.29) is 34.3 Å². The van der Waals surface area contributed by atoms with Crippen LogP contribution < -0.4 is 16.0 Å². The summed E-state index contributed by atoms with van der Waals surface area (Å²) in [5.41, 5.74) is 7.63. The molecule has 0 aliphatic carbocycles. The van der Waals surface area contributed by atoms with Crippen LogP contribution >= 0.6 is 0 Å². The van der Waals surface area contributed by atoms with Gasteiger partial charge in [0.05, 0.1) is 23.6 Å². The maximum Gasteiger partial charge on any atom is 0.405 e. The predicted octanol–water partition coefficient (Wildman–Crippen LogP) is 3.72. The highest BCUT2D eigenvalue weighted by Crippen LogP contribution is 2.45. The molecule has 44 heavy (non-hydrogen) atoms. The molecule has 0 aromatic heterocycles. The van der Waals surface area contributed by atoms with Gasteiger partial charge in [-0.25, -0.2) is 4.79 Å². The molecule has 6 N–H and O–H groups in total. The SMILES string of the molecule is CO[C@H]1C=CC=C(C)C(=O)Nc2cc(O)c(N3CCCC3)c(c2O)C=C(C)C[C@H](OC)[C@H]2OC(O)C(=CC2C)[C@@H]1OC(N)=O. The molecule has 4 aliphatic rings. The Morgan fingerprint density at radius 1 is 1.16 bits per heavy atom. The van der Waals surface area contributed by atoms with Gasteiger partial charge in [-0.3, -0.25) is 4.79 Å². The quantitative estimate of drug-likeness (QED) is 0.191. The Hall–Kier alpha value is -3.84. The van der Waals surface area contributed by atoms with Crippen LogP contribution in [-0.2, 0) is 23.7 Å². The van der Waals surface area contributed by atoms with E-state index < -0.39 is 42.7 Å². The second-order valence-electron chi connectivity index (χ2n) is 11.4. The summed E-state index contributed by atoms with van der Waals surface area (Å²) in [5, 5.41) is 36.4. The van der Waals surface area contributed by atoms with Crippen LogP contribution in [0.1, 0.15) is 45.6 Å². The highest BCUT2D eigenvalue weighted by molar-refractivity contribution is 6.05. The number of allylic oxidation sites excluding steroid dienone is 2. The first-order chi connectivity index (χ1) is 20.9. The zero-order valence-corrected chi connectivity index (χ0v) is 25.8. The van der Waals surface area contributed by atoms with Crippen LogP contribution in [0.15, 0.2) is 47.1 Å². The number of methoxy groups -OCH3 is 2. The molecule has 0 spiro atoms. The number of nitrogens with one attached hydrogen (secondary N) is 1. The van der Waals surface area contributed by atoms with Gasteiger partial charge in [-0.2, -0.15) is 0 Å². The van der Waals surface area contributed by atoms with E-state index >= 15 is 0 Å². The van der Waals surface area contributed by atoms with Crippen LogP contribution in [0.2, 0.25) is 0 Å². The van der Waals surface area contributed by atoms with Crippen molar-refractivity contribution in [3.63, 3.8) is 0 Å². The number of ether oxygens (including phenoxy) is 4. The number of nitrogens with zero attached hydrogens (tertiary/aromatic N) is 1. The van der Waals surface area contributed by atoms with Crippen LogP contribution in [-0.4, -0.2) is 85.3 Å². The molecular formula is C32H43N3O9. The maximum absolute atomic E-state index is 13.1. The molecule has 2 unspecified atom stereocenters. The highest BCUT2D eigenvalue weighted by atomic mass is 16.6. The molecule has 6 atom stereocenters. The molecule has 5 rings (SSSR count). The smallest absolute Gasteiger partial charge is 0.405 e. The molecule has 1 fully saturated rings. The topological polar surface area (TPSA) is 173 Å². The first kappa shape index (κ1) is 33.1. The summed E-state index contributed by atoms with van der Waals surface area (Å²) < 4.78 is 22.8. The largest absolute Gasteiger partial charge is 0.506 e. The second-order valence-corrected chi connectivity index (χ2v) is 11.4. The van der Waals surface area contributed by atoms with Crippen LogP contribution in [0, 0.1) is 5.92 Å². The highest BCUT2D eigenvalue weighted by Gasteiger charge is 2.40. The molecule has 4 bridgehead atoms. The Morgan fingerprint density at radius 2 is 1.86 bits per heavy atom. The first-order valence-electron chi connectivity index (χ1n) is 14.7. The van der Waals surface area contributed by atoms with Crippen molar-refractivity contribution in [1.82, 2.24) is 0 Å². The number of anilines is 2. The van der Waals surface area contributed by atoms with Crippen molar-refractivity contribution in [2.24, 2.45) is 11.7 Å². The lowest BCUT2D eigenvalue weighted by Crippen LogP contribution is -2.47. The zero-order chi connectivity index (χ0) is 32.1. The summed E-state index contributed by atoms with van der Waals surface area (Å²) in [5.74, 6) is -1.05. The Bertz CT molecular complexity index is 1360. The third kappa shape index (κ3) is 7.27. The Kier molecular flexibility index (Phi) is 10.7. The van der Waals surface area contributed by atoms with E-state index in [1.54, 1.807) is 38.3 Å². The number of fused-ring (bicyclic) bond motifs is 9. The number of aliphatic hydroxyl groups is 1. The molecule has 0 saturated carbocycles. The lowest BCUT2D eigenvalue weighted by Gasteiger charge is -2.39. The first-order valence-corrected chi connectivity index (χ1v) is 14.7. The number of aromatic hydroxyl groups is 2. The molecule has 12 nitrogen and oxygen atoms in total. The summed E-state index contributed by atoms with van der Waals surface area (Å²) in [6, 6.07) is 1.35. The van der Waals surface area contributed by atoms with Crippen molar-refractivity contribution in [2.75, 3.05) is 37.5 Å². The number of amides is 2. The third-order valence-corrected chi connectivity index (χ3v) is 8.23. The molecule has 0 radical (unpaired) electrons. The van der Waals surface area contributed by atoms with Crippen molar-refractivity contribution in [2.45, 2.75) is 70.7 Å². The number of rotatable bonds is 4. The number of hydrogen-bond donors (Lipinski definition) is 5. The monoisotopic (exact) mass is 613 g/mol. The average molecular weight is 614 g/mol. The summed E-state index contributed by atoms with van der Waals surface area (Å²) in [4.78, 5) is 27.0. The third-order valence-electron chi connectivity index (χ3n) is 8.23. The Labute approximate surface area is 257 Å². The number of primary amides is 1. The normalized spacial score (nSPS) is 28.3. The van der Waals surface area contributed by atoms with Gasteiger partial charge in [0.1, 0.15) is 17.6 Å². The fourth-order valence-corrected chi connectivity index (χ4v) is 5.98. The van der Waals surface area contributed by atoms with Crippen molar-refractivity contribution in [1.29, 1.82) is 0 Å². The van der Waals surface area contributed by atoms with Crippen LogP contribution in [0.5, 0.6) is 11.5 Å². The minimum absolute atomic E-state index is 0.0573. The summed E-state index contributed by atoms with van der Waals surface area (Å²) in [7, 11) is 2.95. The number of nitrogens with two attached hydrogens (primary N) is 1. The minimum Gasteiger partial charge on any atom is -0.506 e. The van der Waals surface area contributed by atoms with Crippen molar-refractivity contribution >= 4 is 29.5 Å².